The molecule has 2 aliphatic rings. The second-order valence-electron chi connectivity index (χ2n) is 3.52. The Kier molecular flexibility index (Phi) is 1.31. The average Bonchev–Trinajstić information content (AvgIpc) is 2.21. The van der Waals surface area contributed by atoms with Crippen molar-refractivity contribution in [1.82, 2.24) is 0 Å². The van der Waals surface area contributed by atoms with Gasteiger partial charge in [-0.25, -0.2) is 0 Å². The smallest absolute Gasteiger partial charge is 0.138 e. The molecule has 0 aliphatic heterocycles. The first-order valence-electron chi connectivity index (χ1n) is 3.98. The molecule has 10 heavy (non-hydrogen) atoms. The first kappa shape index (κ1) is 6.35. The maximum absolute atomic E-state index is 11.1. The Morgan fingerprint density at radius 2 is 2.20 bits per heavy atom. The molecule has 0 saturated heterocycles. The lowest BCUT2D eigenvalue weighted by Gasteiger charge is -2.16. The Hall–Kier alpha value is -0.370. The van der Waals surface area contributed by atoms with E-state index in [9.17, 15) is 9.90 Å². The molecule has 0 spiro atoms. The van der Waals surface area contributed by atoms with Crippen LogP contribution in [0, 0.1) is 11.8 Å². The van der Waals surface area contributed by atoms with E-state index in [0.717, 1.165) is 19.3 Å². The molecule has 2 nitrogen and oxygen atoms in total. The molecule has 0 aromatic rings. The maximum Gasteiger partial charge on any atom is 0.138 e. The summed E-state index contributed by atoms with van der Waals surface area (Å²) in [5.74, 6) is 0.956. The maximum atomic E-state index is 11.1. The predicted octanol–water partition coefficient (Wildman–Crippen LogP) is 0.736. The van der Waals surface area contributed by atoms with E-state index < -0.39 is 0 Å². The number of carbonyl (C=O) groups excluding carboxylic acids is 1. The molecule has 2 rings (SSSR count). The number of aliphatic hydroxyl groups excluding tert-OH is 1. The minimum Gasteiger partial charge on any atom is -0.392 e. The van der Waals surface area contributed by atoms with E-state index in [1.54, 1.807) is 0 Å². The zero-order valence-corrected chi connectivity index (χ0v) is 5.92. The summed E-state index contributed by atoms with van der Waals surface area (Å²) >= 11 is 0. The molecule has 2 bridgehead atoms. The molecule has 0 amide bonds. The van der Waals surface area contributed by atoms with Gasteiger partial charge in [0.1, 0.15) is 5.78 Å². The second kappa shape index (κ2) is 2.06. The lowest BCUT2D eigenvalue weighted by Crippen LogP contribution is -2.23. The zero-order valence-electron chi connectivity index (χ0n) is 5.92. The van der Waals surface area contributed by atoms with Gasteiger partial charge in [0.25, 0.3) is 0 Å². The number of aliphatic hydroxyl groups is 1. The first-order valence-corrected chi connectivity index (χ1v) is 3.98. The Balaban J connectivity index is 2.17. The van der Waals surface area contributed by atoms with Crippen LogP contribution in [0.1, 0.15) is 25.7 Å². The van der Waals surface area contributed by atoms with Gasteiger partial charge in [0.2, 0.25) is 0 Å². The monoisotopic (exact) mass is 140 g/mol. The summed E-state index contributed by atoms with van der Waals surface area (Å²) in [6.45, 7) is 0. The highest BCUT2D eigenvalue weighted by Gasteiger charge is 2.40. The zero-order chi connectivity index (χ0) is 7.14. The number of hydrogen-bond acceptors (Lipinski definition) is 2. The van der Waals surface area contributed by atoms with Crippen LogP contribution in [0.3, 0.4) is 0 Å². The lowest BCUT2D eigenvalue weighted by atomic mass is 9.88. The van der Waals surface area contributed by atoms with Gasteiger partial charge >= 0.3 is 0 Å². The number of carbonyl (C=O) groups is 1. The van der Waals surface area contributed by atoms with Crippen LogP contribution in [-0.2, 0) is 4.79 Å². The third-order valence-corrected chi connectivity index (χ3v) is 2.84. The highest BCUT2D eigenvalue weighted by molar-refractivity contribution is 5.82. The number of fused-ring (bicyclic) bond motifs is 2. The van der Waals surface area contributed by atoms with Crippen LogP contribution in [0.2, 0.25) is 0 Å². The summed E-state index contributed by atoms with van der Waals surface area (Å²) in [4.78, 5) is 11.1. The molecule has 0 aromatic heterocycles. The van der Waals surface area contributed by atoms with E-state index in [1.807, 2.05) is 0 Å². The Morgan fingerprint density at radius 3 is 2.90 bits per heavy atom. The van der Waals surface area contributed by atoms with Gasteiger partial charge in [-0.3, -0.25) is 4.79 Å². The van der Waals surface area contributed by atoms with E-state index in [4.69, 9.17) is 0 Å². The summed E-state index contributed by atoms with van der Waals surface area (Å²) < 4.78 is 0. The molecular formula is C8H12O2. The van der Waals surface area contributed by atoms with E-state index in [1.165, 1.54) is 0 Å². The molecule has 3 atom stereocenters. The van der Waals surface area contributed by atoms with Crippen LogP contribution >= 0.6 is 0 Å². The van der Waals surface area contributed by atoms with E-state index in [-0.39, 0.29) is 12.0 Å². The highest BCUT2D eigenvalue weighted by Crippen LogP contribution is 2.39. The minimum absolute atomic E-state index is 0.0127. The second-order valence-corrected chi connectivity index (χ2v) is 3.52. The third-order valence-electron chi connectivity index (χ3n) is 2.84. The van der Waals surface area contributed by atoms with Gasteiger partial charge in [0.05, 0.1) is 6.10 Å². The SMILES string of the molecule is O=C1CCC2CC(O)C1C2. The van der Waals surface area contributed by atoms with Crippen molar-refractivity contribution in [1.29, 1.82) is 0 Å². The van der Waals surface area contributed by atoms with Crippen LogP contribution in [0.5, 0.6) is 0 Å². The highest BCUT2D eigenvalue weighted by atomic mass is 16.3. The normalized spacial score (nSPS) is 46.1. The quantitative estimate of drug-likeness (QED) is 0.538. The van der Waals surface area contributed by atoms with Crippen molar-refractivity contribution in [2.45, 2.75) is 31.8 Å². The Labute approximate surface area is 60.2 Å². The van der Waals surface area contributed by atoms with E-state index in [2.05, 4.69) is 0 Å². The number of rotatable bonds is 0. The molecule has 2 aliphatic carbocycles. The summed E-state index contributed by atoms with van der Waals surface area (Å²) in [5, 5.41) is 9.35. The van der Waals surface area contributed by atoms with E-state index in [0.29, 0.717) is 18.1 Å². The predicted molar refractivity (Wildman–Crippen MR) is 36.5 cm³/mol. The van der Waals surface area contributed by atoms with Crippen molar-refractivity contribution in [3.8, 4) is 0 Å². The first-order chi connectivity index (χ1) is 4.77. The van der Waals surface area contributed by atoms with Gasteiger partial charge < -0.3 is 5.11 Å². The molecule has 2 saturated carbocycles. The van der Waals surface area contributed by atoms with Crippen molar-refractivity contribution in [3.63, 3.8) is 0 Å². The molecule has 2 fully saturated rings. The van der Waals surface area contributed by atoms with Crippen molar-refractivity contribution >= 4 is 5.78 Å². The molecule has 56 valence electrons. The van der Waals surface area contributed by atoms with E-state index >= 15 is 0 Å². The standard InChI is InChI=1S/C8H12O2/c9-7-2-1-5-3-6(7)8(10)4-5/h5-6,8,10H,1-4H2. The summed E-state index contributed by atoms with van der Waals surface area (Å²) in [7, 11) is 0. The summed E-state index contributed by atoms with van der Waals surface area (Å²) in [5.41, 5.74) is 0. The number of hydrogen-bond donors (Lipinski definition) is 1. The Morgan fingerprint density at radius 1 is 1.40 bits per heavy atom. The fourth-order valence-electron chi connectivity index (χ4n) is 2.23. The molecule has 0 radical (unpaired) electrons. The van der Waals surface area contributed by atoms with Crippen molar-refractivity contribution in [2.24, 2.45) is 11.8 Å². The number of ketones is 1. The van der Waals surface area contributed by atoms with Crippen LogP contribution in [-0.4, -0.2) is 17.0 Å². The van der Waals surface area contributed by atoms with Crippen molar-refractivity contribution in [2.75, 3.05) is 0 Å². The molecule has 3 unspecified atom stereocenters. The van der Waals surface area contributed by atoms with Crippen LogP contribution in [0.4, 0.5) is 0 Å². The van der Waals surface area contributed by atoms with Crippen LogP contribution in [0.25, 0.3) is 0 Å². The average molecular weight is 140 g/mol. The van der Waals surface area contributed by atoms with Crippen molar-refractivity contribution in [3.05, 3.63) is 0 Å². The molecule has 0 aromatic carbocycles. The van der Waals surface area contributed by atoms with Gasteiger partial charge in [0.15, 0.2) is 0 Å². The number of Topliss-reactive ketones (excluding diaryl/α,β-unsaturated/α-hetero) is 1. The molecule has 0 heterocycles. The van der Waals surface area contributed by atoms with Gasteiger partial charge in [0, 0.05) is 12.3 Å². The molecular weight excluding hydrogens is 128 g/mol. The lowest BCUT2D eigenvalue weighted by molar-refractivity contribution is -0.126. The molecule has 1 N–H and O–H groups in total. The molecule has 2 heteroatoms. The largest absolute Gasteiger partial charge is 0.392 e. The third kappa shape index (κ3) is 0.788. The minimum atomic E-state index is -0.306. The summed E-state index contributed by atoms with van der Waals surface area (Å²) in [6, 6.07) is 0. The van der Waals surface area contributed by atoms with Gasteiger partial charge in [-0.2, -0.15) is 0 Å². The van der Waals surface area contributed by atoms with Crippen LogP contribution < -0.4 is 0 Å². The van der Waals surface area contributed by atoms with Gasteiger partial charge in [-0.15, -0.1) is 0 Å². The topological polar surface area (TPSA) is 37.3 Å². The Bertz CT molecular complexity index is 165. The summed E-state index contributed by atoms with van der Waals surface area (Å²) in [6.07, 6.45) is 3.26. The van der Waals surface area contributed by atoms with Crippen molar-refractivity contribution < 1.29 is 9.90 Å². The van der Waals surface area contributed by atoms with Crippen LogP contribution in [0.15, 0.2) is 0 Å². The fraction of sp³-hybridized carbons (Fsp3) is 0.875. The van der Waals surface area contributed by atoms with Gasteiger partial charge in [-0.05, 0) is 25.2 Å². The fourth-order valence-corrected chi connectivity index (χ4v) is 2.23. The van der Waals surface area contributed by atoms with Gasteiger partial charge in [-0.1, -0.05) is 0 Å².